The molecule has 0 fully saturated rings. The molecule has 0 spiro atoms. The monoisotopic (exact) mass is 557 g/mol. The number of benzene rings is 1. The lowest BCUT2D eigenvalue weighted by Crippen LogP contribution is -2.30. The molecule has 1 aromatic heterocycles. The summed E-state index contributed by atoms with van der Waals surface area (Å²) in [5.41, 5.74) is 8.83. The van der Waals surface area contributed by atoms with Crippen LogP contribution in [0.4, 0.5) is 5.69 Å². The highest BCUT2D eigenvalue weighted by atomic mass is 16.2. The van der Waals surface area contributed by atoms with Crippen molar-refractivity contribution in [2.45, 2.75) is 41.0 Å². The van der Waals surface area contributed by atoms with Gasteiger partial charge in [0.05, 0.1) is 5.70 Å². The molecular weight excluding hydrogens is 510 g/mol. The number of nitrogens with zero attached hydrogens (tertiary/aromatic N) is 4. The Hall–Kier alpha value is -3.97. The number of aromatic nitrogens is 1. The van der Waals surface area contributed by atoms with Crippen LogP contribution in [0.3, 0.4) is 0 Å². The van der Waals surface area contributed by atoms with E-state index in [4.69, 9.17) is 0 Å². The van der Waals surface area contributed by atoms with Crippen LogP contribution in [0, 0.1) is 13.8 Å². The van der Waals surface area contributed by atoms with Crippen molar-refractivity contribution >= 4 is 29.1 Å². The van der Waals surface area contributed by atoms with E-state index in [2.05, 4.69) is 48.6 Å². The Labute approximate surface area is 246 Å². The van der Waals surface area contributed by atoms with Gasteiger partial charge in [0.15, 0.2) is 0 Å². The van der Waals surface area contributed by atoms with Crippen LogP contribution in [0.5, 0.6) is 0 Å². The minimum absolute atomic E-state index is 0.0280. The van der Waals surface area contributed by atoms with Gasteiger partial charge in [0.2, 0.25) is 0 Å². The molecule has 7 nitrogen and oxygen atoms in total. The second kappa shape index (κ2) is 15.7. The molecule has 220 valence electrons. The minimum Gasteiger partial charge on any atom is -0.388 e. The van der Waals surface area contributed by atoms with Crippen LogP contribution in [-0.4, -0.2) is 74.3 Å². The summed E-state index contributed by atoms with van der Waals surface area (Å²) in [4.78, 5) is 33.3. The van der Waals surface area contributed by atoms with Gasteiger partial charge in [0, 0.05) is 77.6 Å². The third kappa shape index (κ3) is 8.76. The third-order valence-corrected chi connectivity index (χ3v) is 6.87. The number of pyridine rings is 1. The summed E-state index contributed by atoms with van der Waals surface area (Å²) in [6, 6.07) is 7.43. The van der Waals surface area contributed by atoms with Crippen LogP contribution in [0.2, 0.25) is 0 Å². The topological polar surface area (TPSA) is 69.9 Å². The predicted octanol–water partition coefficient (Wildman–Crippen LogP) is 6.07. The van der Waals surface area contributed by atoms with Crippen molar-refractivity contribution in [3.63, 3.8) is 0 Å². The Bertz CT molecular complexity index is 1400. The second-order valence-corrected chi connectivity index (χ2v) is 10.2. The van der Waals surface area contributed by atoms with Gasteiger partial charge in [0.1, 0.15) is 0 Å². The Morgan fingerprint density at radius 2 is 1.83 bits per heavy atom. The number of anilines is 1. The van der Waals surface area contributed by atoms with Crippen LogP contribution >= 0.6 is 0 Å². The number of carbonyl (C=O) groups excluding carboxylic acids is 1. The lowest BCUT2D eigenvalue weighted by molar-refractivity contribution is 0.0827. The average Bonchev–Trinajstić information content (AvgIpc) is 2.94. The van der Waals surface area contributed by atoms with Gasteiger partial charge in [-0.3, -0.25) is 24.0 Å². The van der Waals surface area contributed by atoms with Crippen molar-refractivity contribution in [3.8, 4) is 0 Å². The first-order valence-electron chi connectivity index (χ1n) is 14.2. The third-order valence-electron chi connectivity index (χ3n) is 6.87. The van der Waals surface area contributed by atoms with Gasteiger partial charge in [-0.1, -0.05) is 38.2 Å². The van der Waals surface area contributed by atoms with Crippen LogP contribution in [-0.2, 0) is 0 Å². The normalized spacial score (nSPS) is 14.3. The molecule has 2 heterocycles. The van der Waals surface area contributed by atoms with Gasteiger partial charge in [0.25, 0.3) is 11.5 Å². The highest BCUT2D eigenvalue weighted by Crippen LogP contribution is 2.30. The molecule has 0 atom stereocenters. The van der Waals surface area contributed by atoms with Gasteiger partial charge in [-0.25, -0.2) is 0 Å². The molecule has 2 aromatic rings. The van der Waals surface area contributed by atoms with Crippen molar-refractivity contribution in [2.24, 2.45) is 4.99 Å². The summed E-state index contributed by atoms with van der Waals surface area (Å²) in [5, 5.41) is 3.00. The van der Waals surface area contributed by atoms with Crippen molar-refractivity contribution in [2.75, 3.05) is 53.1 Å². The molecule has 1 aliphatic heterocycles. The van der Waals surface area contributed by atoms with Crippen molar-refractivity contribution in [1.29, 1.82) is 0 Å². The van der Waals surface area contributed by atoms with E-state index in [0.29, 0.717) is 5.70 Å². The number of hydrogen-bond acceptors (Lipinski definition) is 5. The van der Waals surface area contributed by atoms with Gasteiger partial charge in [-0.2, -0.15) is 0 Å². The molecule has 0 radical (unpaired) electrons. The minimum atomic E-state index is -0.136. The molecule has 1 N–H and O–H groups in total. The summed E-state index contributed by atoms with van der Waals surface area (Å²) in [5.74, 6) is 0.0280. The van der Waals surface area contributed by atoms with E-state index in [0.717, 1.165) is 59.6 Å². The summed E-state index contributed by atoms with van der Waals surface area (Å²) < 4.78 is 1.59. The number of nitrogens with one attached hydrogen (secondary N) is 1. The quantitative estimate of drug-likeness (QED) is 0.300. The number of carbonyl (C=O) groups is 1. The zero-order valence-corrected chi connectivity index (χ0v) is 26.3. The second-order valence-electron chi connectivity index (χ2n) is 10.2. The number of rotatable bonds is 9. The first-order valence-corrected chi connectivity index (χ1v) is 14.2. The largest absolute Gasteiger partial charge is 0.388 e. The first kappa shape index (κ1) is 33.2. The number of aryl methyl sites for hydroxylation is 2. The van der Waals surface area contributed by atoms with Gasteiger partial charge >= 0.3 is 0 Å². The van der Waals surface area contributed by atoms with Crippen molar-refractivity contribution < 1.29 is 4.79 Å². The number of aliphatic imine (C=N–C) groups is 1. The van der Waals surface area contributed by atoms with Crippen molar-refractivity contribution in [1.82, 2.24) is 14.4 Å². The summed E-state index contributed by atoms with van der Waals surface area (Å²) in [6.45, 7) is 17.1. The van der Waals surface area contributed by atoms with E-state index in [1.807, 2.05) is 44.2 Å². The van der Waals surface area contributed by atoms with E-state index in [1.165, 1.54) is 11.1 Å². The lowest BCUT2D eigenvalue weighted by Gasteiger charge is -2.28. The summed E-state index contributed by atoms with van der Waals surface area (Å²) in [7, 11) is 7.05. The molecule has 0 saturated carbocycles. The fourth-order valence-electron chi connectivity index (χ4n) is 5.02. The number of amides is 1. The first-order chi connectivity index (χ1) is 19.5. The lowest BCUT2D eigenvalue weighted by atomic mass is 9.90. The van der Waals surface area contributed by atoms with E-state index in [9.17, 15) is 9.59 Å². The SMILES string of the molecule is C=C(/C=C(\C)CN1CC=C(c2c(C)cc(C(=O)N(C)C)cc2C)CC1)/C(=C\C=NC)n1ccc(NC)cc1=O.CC. The van der Waals surface area contributed by atoms with E-state index in [-0.39, 0.29) is 11.5 Å². The highest BCUT2D eigenvalue weighted by molar-refractivity contribution is 5.95. The molecule has 0 saturated heterocycles. The molecule has 1 aromatic carbocycles. The Kier molecular flexibility index (Phi) is 12.7. The molecule has 41 heavy (non-hydrogen) atoms. The molecular formula is C34H47N5O2. The zero-order valence-electron chi connectivity index (χ0n) is 26.3. The Morgan fingerprint density at radius 3 is 2.34 bits per heavy atom. The summed E-state index contributed by atoms with van der Waals surface area (Å²) >= 11 is 0. The maximum atomic E-state index is 12.7. The molecule has 1 aliphatic rings. The van der Waals surface area contributed by atoms with Gasteiger partial charge in [-0.05, 0) is 79.3 Å². The fraction of sp³-hybridized carbons (Fsp3) is 0.382. The highest BCUT2D eigenvalue weighted by Gasteiger charge is 2.19. The molecule has 3 rings (SSSR count). The Balaban J connectivity index is 0.00000287. The molecule has 0 bridgehead atoms. The van der Waals surface area contributed by atoms with Gasteiger partial charge < -0.3 is 10.2 Å². The standard InChI is InChI=1S/C32H41N5O2.C2H6/c1-22(17-23(2)29(9-13-33-5)37-16-12-28(34-6)20-30(37)38)21-36-14-10-26(11-15-36)31-24(3)18-27(19-25(31)4)32(39)35(7)8;1-2/h9-10,12-13,16-20,34H,2,11,14-15,21H2,1,3-8H3;1-2H3/b22-17+,29-9+,33-13?;. The van der Waals surface area contributed by atoms with Crippen LogP contribution in [0.25, 0.3) is 11.3 Å². The van der Waals surface area contributed by atoms with Gasteiger partial charge in [-0.15, -0.1) is 0 Å². The molecule has 1 amide bonds. The molecule has 0 aliphatic carbocycles. The molecule has 0 unspecified atom stereocenters. The maximum absolute atomic E-state index is 12.7. The van der Waals surface area contributed by atoms with E-state index < -0.39 is 0 Å². The van der Waals surface area contributed by atoms with Crippen LogP contribution in [0.1, 0.15) is 54.2 Å². The predicted molar refractivity (Wildman–Crippen MR) is 176 cm³/mol. The summed E-state index contributed by atoms with van der Waals surface area (Å²) in [6.07, 6.45) is 10.5. The van der Waals surface area contributed by atoms with Crippen LogP contribution < -0.4 is 10.9 Å². The van der Waals surface area contributed by atoms with Crippen LogP contribution in [0.15, 0.2) is 76.2 Å². The van der Waals surface area contributed by atoms with E-state index >= 15 is 0 Å². The fourth-order valence-corrected chi connectivity index (χ4v) is 5.02. The number of allylic oxidation sites excluding steroid dienone is 4. The smallest absolute Gasteiger partial charge is 0.257 e. The maximum Gasteiger partial charge on any atom is 0.257 e. The number of hydrogen-bond donors (Lipinski definition) is 1. The van der Waals surface area contributed by atoms with E-state index in [1.54, 1.807) is 56.1 Å². The molecule has 7 heteroatoms. The van der Waals surface area contributed by atoms with Crippen molar-refractivity contribution in [3.05, 3.63) is 99.0 Å². The Morgan fingerprint density at radius 1 is 1.17 bits per heavy atom. The average molecular weight is 558 g/mol. The zero-order chi connectivity index (χ0) is 30.7.